The Labute approximate surface area is 142 Å². The monoisotopic (exact) mass is 335 g/mol. The zero-order valence-corrected chi connectivity index (χ0v) is 14.3. The van der Waals surface area contributed by atoms with E-state index in [9.17, 15) is 4.79 Å². The molecule has 0 saturated carbocycles. The van der Waals surface area contributed by atoms with Gasteiger partial charge in [-0.25, -0.2) is 0 Å². The SMILES string of the molecule is CCN(Cc1ccc2c(c1)OCO2)C(=O)[C@@H](C)OC[C@H]1CCCO1. The maximum Gasteiger partial charge on any atom is 0.251 e. The van der Waals surface area contributed by atoms with Crippen molar-refractivity contribution < 1.29 is 23.7 Å². The van der Waals surface area contributed by atoms with Gasteiger partial charge in [-0.1, -0.05) is 6.07 Å². The minimum absolute atomic E-state index is 0.00633. The van der Waals surface area contributed by atoms with E-state index < -0.39 is 6.10 Å². The van der Waals surface area contributed by atoms with Crippen molar-refractivity contribution in [2.45, 2.75) is 45.4 Å². The van der Waals surface area contributed by atoms with E-state index in [1.165, 1.54) is 0 Å². The molecular formula is C18H25NO5. The van der Waals surface area contributed by atoms with Gasteiger partial charge < -0.3 is 23.8 Å². The Morgan fingerprint density at radius 3 is 2.96 bits per heavy atom. The summed E-state index contributed by atoms with van der Waals surface area (Å²) >= 11 is 0. The van der Waals surface area contributed by atoms with Crippen molar-refractivity contribution in [3.63, 3.8) is 0 Å². The molecule has 1 fully saturated rings. The Morgan fingerprint density at radius 1 is 1.38 bits per heavy atom. The molecule has 1 aromatic rings. The van der Waals surface area contributed by atoms with E-state index in [0.717, 1.165) is 36.5 Å². The van der Waals surface area contributed by atoms with Gasteiger partial charge in [-0.15, -0.1) is 0 Å². The van der Waals surface area contributed by atoms with Crippen LogP contribution in [0.3, 0.4) is 0 Å². The quantitative estimate of drug-likeness (QED) is 0.765. The van der Waals surface area contributed by atoms with Gasteiger partial charge in [0.25, 0.3) is 5.91 Å². The summed E-state index contributed by atoms with van der Waals surface area (Å²) in [5, 5.41) is 0. The number of rotatable bonds is 7. The van der Waals surface area contributed by atoms with Gasteiger partial charge in [0.1, 0.15) is 6.10 Å². The third kappa shape index (κ3) is 3.99. The molecule has 0 aliphatic carbocycles. The van der Waals surface area contributed by atoms with Gasteiger partial charge in [-0.2, -0.15) is 0 Å². The second-order valence-electron chi connectivity index (χ2n) is 6.15. The molecule has 2 heterocycles. The van der Waals surface area contributed by atoms with E-state index in [-0.39, 0.29) is 18.8 Å². The van der Waals surface area contributed by atoms with Crippen LogP contribution in [0.4, 0.5) is 0 Å². The Hall–Kier alpha value is -1.79. The minimum atomic E-state index is -0.469. The van der Waals surface area contributed by atoms with Crippen molar-refractivity contribution in [2.24, 2.45) is 0 Å². The average molecular weight is 335 g/mol. The highest BCUT2D eigenvalue weighted by Crippen LogP contribution is 2.32. The topological polar surface area (TPSA) is 57.2 Å². The van der Waals surface area contributed by atoms with E-state index in [0.29, 0.717) is 19.7 Å². The van der Waals surface area contributed by atoms with Crippen molar-refractivity contribution >= 4 is 5.91 Å². The first kappa shape index (κ1) is 17.0. The van der Waals surface area contributed by atoms with Crippen LogP contribution in [-0.2, 0) is 20.8 Å². The van der Waals surface area contributed by atoms with Crippen molar-refractivity contribution in [1.82, 2.24) is 4.90 Å². The summed E-state index contributed by atoms with van der Waals surface area (Å²) in [6, 6.07) is 5.77. The van der Waals surface area contributed by atoms with Crippen LogP contribution in [0.25, 0.3) is 0 Å². The maximum atomic E-state index is 12.6. The van der Waals surface area contributed by atoms with Crippen LogP contribution in [0.2, 0.25) is 0 Å². The van der Waals surface area contributed by atoms with Gasteiger partial charge in [0.2, 0.25) is 6.79 Å². The summed E-state index contributed by atoms with van der Waals surface area (Å²) < 4.78 is 22.0. The van der Waals surface area contributed by atoms with Crippen molar-refractivity contribution in [1.29, 1.82) is 0 Å². The molecule has 6 heteroatoms. The highest BCUT2D eigenvalue weighted by molar-refractivity contribution is 5.80. The fourth-order valence-corrected chi connectivity index (χ4v) is 2.96. The van der Waals surface area contributed by atoms with Gasteiger partial charge in [0.05, 0.1) is 12.7 Å². The number of likely N-dealkylation sites (N-methyl/N-ethyl adjacent to an activating group) is 1. The number of nitrogens with zero attached hydrogens (tertiary/aromatic N) is 1. The number of ether oxygens (including phenoxy) is 4. The predicted molar refractivity (Wildman–Crippen MR) is 88.0 cm³/mol. The fourth-order valence-electron chi connectivity index (χ4n) is 2.96. The Kier molecular flexibility index (Phi) is 5.58. The molecule has 1 saturated heterocycles. The number of hydrogen-bond acceptors (Lipinski definition) is 5. The van der Waals surface area contributed by atoms with Crippen LogP contribution in [0.5, 0.6) is 11.5 Å². The van der Waals surface area contributed by atoms with Crippen molar-refractivity contribution in [3.8, 4) is 11.5 Å². The number of benzene rings is 1. The van der Waals surface area contributed by atoms with Crippen LogP contribution in [0.1, 0.15) is 32.3 Å². The molecule has 24 heavy (non-hydrogen) atoms. The number of hydrogen-bond donors (Lipinski definition) is 0. The van der Waals surface area contributed by atoms with Crippen LogP contribution < -0.4 is 9.47 Å². The first-order valence-corrected chi connectivity index (χ1v) is 8.58. The van der Waals surface area contributed by atoms with E-state index in [2.05, 4.69) is 0 Å². The number of amides is 1. The zero-order valence-electron chi connectivity index (χ0n) is 14.3. The summed E-state index contributed by atoms with van der Waals surface area (Å²) in [5.41, 5.74) is 1.01. The first-order valence-electron chi connectivity index (χ1n) is 8.58. The van der Waals surface area contributed by atoms with Crippen LogP contribution in [0, 0.1) is 0 Å². The summed E-state index contributed by atoms with van der Waals surface area (Å²) in [5.74, 6) is 1.48. The lowest BCUT2D eigenvalue weighted by Crippen LogP contribution is -2.39. The first-order chi connectivity index (χ1) is 11.7. The van der Waals surface area contributed by atoms with E-state index in [1.54, 1.807) is 11.8 Å². The van der Waals surface area contributed by atoms with Crippen LogP contribution in [-0.4, -0.2) is 49.6 Å². The summed E-state index contributed by atoms with van der Waals surface area (Å²) in [6.07, 6.45) is 1.74. The smallest absolute Gasteiger partial charge is 0.251 e. The van der Waals surface area contributed by atoms with Crippen molar-refractivity contribution in [3.05, 3.63) is 23.8 Å². The molecule has 0 spiro atoms. The third-order valence-corrected chi connectivity index (χ3v) is 4.41. The molecule has 2 aliphatic rings. The highest BCUT2D eigenvalue weighted by Gasteiger charge is 2.24. The zero-order chi connectivity index (χ0) is 16.9. The van der Waals surface area contributed by atoms with Crippen LogP contribution >= 0.6 is 0 Å². The lowest BCUT2D eigenvalue weighted by atomic mass is 10.1. The fraction of sp³-hybridized carbons (Fsp3) is 0.611. The predicted octanol–water partition coefficient (Wildman–Crippen LogP) is 2.35. The maximum absolute atomic E-state index is 12.6. The molecular weight excluding hydrogens is 310 g/mol. The molecule has 0 unspecified atom stereocenters. The Bertz CT molecular complexity index is 571. The van der Waals surface area contributed by atoms with E-state index >= 15 is 0 Å². The average Bonchev–Trinajstić information content (AvgIpc) is 3.27. The molecule has 3 rings (SSSR count). The molecule has 6 nitrogen and oxygen atoms in total. The Balaban J connectivity index is 1.55. The van der Waals surface area contributed by atoms with Gasteiger partial charge >= 0.3 is 0 Å². The van der Waals surface area contributed by atoms with Crippen molar-refractivity contribution in [2.75, 3.05) is 26.6 Å². The highest BCUT2D eigenvalue weighted by atomic mass is 16.7. The lowest BCUT2D eigenvalue weighted by molar-refractivity contribution is -0.145. The van der Waals surface area contributed by atoms with E-state index in [1.807, 2.05) is 25.1 Å². The summed E-state index contributed by atoms with van der Waals surface area (Å²) in [7, 11) is 0. The molecule has 0 aromatic heterocycles. The lowest BCUT2D eigenvalue weighted by Gasteiger charge is -2.25. The Morgan fingerprint density at radius 2 is 2.21 bits per heavy atom. The van der Waals surface area contributed by atoms with Crippen LogP contribution in [0.15, 0.2) is 18.2 Å². The van der Waals surface area contributed by atoms with Gasteiger partial charge in [-0.3, -0.25) is 4.79 Å². The molecule has 2 aliphatic heterocycles. The number of fused-ring (bicyclic) bond motifs is 1. The molecule has 2 atom stereocenters. The largest absolute Gasteiger partial charge is 0.454 e. The standard InChI is InChI=1S/C18H25NO5/c1-3-19(10-14-6-7-16-17(9-14)24-12-23-16)18(20)13(2)22-11-15-5-4-8-21-15/h6-7,9,13,15H,3-5,8,10-12H2,1-2H3/t13-,15-/m1/s1. The van der Waals surface area contributed by atoms with E-state index in [4.69, 9.17) is 18.9 Å². The number of carbonyl (C=O) groups excluding carboxylic acids is 1. The van der Waals surface area contributed by atoms with Gasteiger partial charge in [0, 0.05) is 19.7 Å². The molecule has 0 bridgehead atoms. The normalized spacial score (nSPS) is 20.2. The molecule has 1 aromatic carbocycles. The second-order valence-corrected chi connectivity index (χ2v) is 6.15. The molecule has 0 radical (unpaired) electrons. The molecule has 0 N–H and O–H groups in total. The van der Waals surface area contributed by atoms with Gasteiger partial charge in [0.15, 0.2) is 11.5 Å². The summed E-state index contributed by atoms with van der Waals surface area (Å²) in [6.45, 7) is 6.46. The second kappa shape index (κ2) is 7.85. The number of carbonyl (C=O) groups is 1. The van der Waals surface area contributed by atoms with Gasteiger partial charge in [-0.05, 0) is 44.4 Å². The minimum Gasteiger partial charge on any atom is -0.454 e. The molecule has 1 amide bonds. The molecule has 132 valence electrons. The summed E-state index contributed by atoms with van der Waals surface area (Å²) in [4.78, 5) is 14.4. The third-order valence-electron chi connectivity index (χ3n) is 4.41.